The minimum Gasteiger partial charge on any atom is -0.467 e. The lowest BCUT2D eigenvalue weighted by Crippen LogP contribution is -2.51. The number of thiazole rings is 1. The molecule has 0 aromatic carbocycles. The van der Waals surface area contributed by atoms with E-state index in [2.05, 4.69) is 4.98 Å². The molecule has 0 aliphatic carbocycles. The number of cyclic esters (lactones) is 1. The monoisotopic (exact) mass is 367 g/mol. The number of hydrogen-bond donors (Lipinski definition) is 0. The summed E-state index contributed by atoms with van der Waals surface area (Å²) < 4.78 is 9.77. The summed E-state index contributed by atoms with van der Waals surface area (Å²) >= 11 is 1.40. The number of rotatable bonds is 3. The predicted molar refractivity (Wildman–Crippen MR) is 89.5 cm³/mol. The van der Waals surface area contributed by atoms with Gasteiger partial charge in [-0.15, -0.1) is 11.3 Å². The van der Waals surface area contributed by atoms with E-state index in [1.807, 2.05) is 13.8 Å². The highest BCUT2D eigenvalue weighted by atomic mass is 32.1. The summed E-state index contributed by atoms with van der Waals surface area (Å²) in [6.07, 6.45) is 0.713. The summed E-state index contributed by atoms with van der Waals surface area (Å²) in [4.78, 5) is 44.7. The summed E-state index contributed by atoms with van der Waals surface area (Å²) in [5.41, 5.74) is 0.753. The van der Waals surface area contributed by atoms with Crippen molar-refractivity contribution in [2.45, 2.75) is 38.8 Å². The number of carbonyl (C=O) groups excluding carboxylic acids is 3. The molecule has 1 aromatic rings. The van der Waals surface area contributed by atoms with Crippen molar-refractivity contribution in [2.75, 3.05) is 26.8 Å². The van der Waals surface area contributed by atoms with Crippen LogP contribution in [0.15, 0.2) is 0 Å². The van der Waals surface area contributed by atoms with Crippen molar-refractivity contribution in [2.24, 2.45) is 0 Å². The summed E-state index contributed by atoms with van der Waals surface area (Å²) in [5, 5.41) is 0.872. The van der Waals surface area contributed by atoms with Crippen LogP contribution in [0.1, 0.15) is 33.2 Å². The third-order valence-corrected chi connectivity index (χ3v) is 5.69. The van der Waals surface area contributed by atoms with Crippen LogP contribution in [0, 0.1) is 13.8 Å². The van der Waals surface area contributed by atoms with Gasteiger partial charge < -0.3 is 14.4 Å². The van der Waals surface area contributed by atoms with Crippen molar-refractivity contribution < 1.29 is 23.9 Å². The Morgan fingerprint density at radius 3 is 2.52 bits per heavy atom. The average Bonchev–Trinajstić information content (AvgIpc) is 3.15. The summed E-state index contributed by atoms with van der Waals surface area (Å²) in [6, 6.07) is -0.830. The van der Waals surface area contributed by atoms with E-state index >= 15 is 0 Å². The number of methoxy groups -OCH3 is 1. The van der Waals surface area contributed by atoms with Gasteiger partial charge in [-0.2, -0.15) is 0 Å². The third-order valence-electron chi connectivity index (χ3n) is 4.63. The zero-order valence-corrected chi connectivity index (χ0v) is 15.3. The molecule has 8 nitrogen and oxygen atoms in total. The highest BCUT2D eigenvalue weighted by Crippen LogP contribution is 2.26. The Hall–Kier alpha value is -2.16. The van der Waals surface area contributed by atoms with Gasteiger partial charge in [-0.3, -0.25) is 9.69 Å². The van der Waals surface area contributed by atoms with Crippen molar-refractivity contribution in [1.82, 2.24) is 14.8 Å². The van der Waals surface area contributed by atoms with Gasteiger partial charge in [-0.1, -0.05) is 0 Å². The van der Waals surface area contributed by atoms with E-state index in [1.165, 1.54) is 23.3 Å². The second-order valence-electron chi connectivity index (χ2n) is 6.19. The van der Waals surface area contributed by atoms with Crippen LogP contribution in [-0.4, -0.2) is 71.6 Å². The van der Waals surface area contributed by atoms with E-state index < -0.39 is 18.1 Å². The fourth-order valence-electron chi connectivity index (χ4n) is 3.37. The van der Waals surface area contributed by atoms with Gasteiger partial charge in [0.15, 0.2) is 6.04 Å². The van der Waals surface area contributed by atoms with Crippen LogP contribution in [0.5, 0.6) is 0 Å². The lowest BCUT2D eigenvalue weighted by atomic mass is 10.0. The van der Waals surface area contributed by atoms with E-state index in [4.69, 9.17) is 9.47 Å². The van der Waals surface area contributed by atoms with Crippen LogP contribution in [0.25, 0.3) is 0 Å². The van der Waals surface area contributed by atoms with E-state index in [1.54, 1.807) is 4.90 Å². The van der Waals surface area contributed by atoms with Gasteiger partial charge in [-0.25, -0.2) is 14.6 Å². The molecule has 9 heteroatoms. The number of amides is 2. The van der Waals surface area contributed by atoms with Crippen LogP contribution < -0.4 is 0 Å². The van der Waals surface area contributed by atoms with Crippen LogP contribution >= 0.6 is 11.3 Å². The number of carbonyl (C=O) groups is 3. The highest BCUT2D eigenvalue weighted by molar-refractivity contribution is 7.13. The maximum absolute atomic E-state index is 12.7. The highest BCUT2D eigenvalue weighted by Gasteiger charge is 2.44. The lowest BCUT2D eigenvalue weighted by molar-refractivity contribution is -0.145. The molecule has 0 radical (unpaired) electrons. The first-order chi connectivity index (χ1) is 11.9. The number of nitrogens with zero attached hydrogens (tertiary/aromatic N) is 3. The van der Waals surface area contributed by atoms with Gasteiger partial charge in [-0.05, 0) is 26.7 Å². The first kappa shape index (κ1) is 17.7. The largest absolute Gasteiger partial charge is 0.467 e. The quantitative estimate of drug-likeness (QED) is 0.750. The van der Waals surface area contributed by atoms with Gasteiger partial charge in [0.25, 0.3) is 5.91 Å². The van der Waals surface area contributed by atoms with Crippen molar-refractivity contribution >= 4 is 29.3 Å². The molecule has 3 heterocycles. The van der Waals surface area contributed by atoms with Crippen LogP contribution in [-0.2, 0) is 14.3 Å². The zero-order chi connectivity index (χ0) is 18.1. The maximum Gasteiger partial charge on any atom is 0.410 e. The number of ether oxygens (including phenoxy) is 2. The van der Waals surface area contributed by atoms with Gasteiger partial charge in [0.05, 0.1) is 17.8 Å². The van der Waals surface area contributed by atoms with Gasteiger partial charge >= 0.3 is 12.1 Å². The van der Waals surface area contributed by atoms with Crippen molar-refractivity contribution in [3.05, 3.63) is 15.6 Å². The number of likely N-dealkylation sites (tertiary alicyclic amines) is 1. The molecule has 0 unspecified atom stereocenters. The summed E-state index contributed by atoms with van der Waals surface area (Å²) in [6.45, 7) is 4.79. The van der Waals surface area contributed by atoms with Crippen molar-refractivity contribution in [1.29, 1.82) is 0 Å². The zero-order valence-electron chi connectivity index (χ0n) is 14.5. The number of esters is 1. The fourth-order valence-corrected chi connectivity index (χ4v) is 4.26. The maximum atomic E-state index is 12.7. The summed E-state index contributed by atoms with van der Waals surface area (Å²) in [5.74, 6) is -0.491. The topological polar surface area (TPSA) is 89.0 Å². The van der Waals surface area contributed by atoms with E-state index in [0.29, 0.717) is 30.8 Å². The molecular weight excluding hydrogens is 346 g/mol. The third kappa shape index (κ3) is 3.33. The molecule has 0 bridgehead atoms. The number of aryl methyl sites for hydroxylation is 2. The lowest BCUT2D eigenvalue weighted by Gasteiger charge is -2.37. The van der Waals surface area contributed by atoms with E-state index in [9.17, 15) is 14.4 Å². The van der Waals surface area contributed by atoms with Crippen LogP contribution in [0.3, 0.4) is 0 Å². The molecule has 2 fully saturated rings. The molecule has 2 aliphatic rings. The molecule has 1 aromatic heterocycles. The second-order valence-corrected chi connectivity index (χ2v) is 7.40. The number of aromatic nitrogens is 1. The van der Waals surface area contributed by atoms with E-state index in [-0.39, 0.29) is 18.6 Å². The molecular formula is C16H21N3O5S. The van der Waals surface area contributed by atoms with Gasteiger partial charge in [0.1, 0.15) is 11.5 Å². The first-order valence-corrected chi connectivity index (χ1v) is 9.00. The molecule has 2 amide bonds. The summed E-state index contributed by atoms with van der Waals surface area (Å²) in [7, 11) is 1.30. The van der Waals surface area contributed by atoms with Gasteiger partial charge in [0.2, 0.25) is 0 Å². The Bertz CT molecular complexity index is 696. The second kappa shape index (κ2) is 6.99. The molecule has 0 spiro atoms. The minimum atomic E-state index is -0.698. The Labute approximate surface area is 149 Å². The van der Waals surface area contributed by atoms with Crippen LogP contribution in [0.2, 0.25) is 0 Å². The van der Waals surface area contributed by atoms with Crippen molar-refractivity contribution in [3.63, 3.8) is 0 Å². The number of hydrogen-bond acceptors (Lipinski definition) is 7. The average molecular weight is 367 g/mol. The SMILES string of the molecule is COC(=O)[C@H]1COC(=O)N1C1CCN(C(=O)c2sc(C)nc2C)CC1. The first-order valence-electron chi connectivity index (χ1n) is 8.18. The fraction of sp³-hybridized carbons (Fsp3) is 0.625. The van der Waals surface area contributed by atoms with E-state index in [0.717, 1.165) is 10.7 Å². The normalized spacial score (nSPS) is 21.4. The van der Waals surface area contributed by atoms with Crippen LogP contribution in [0.4, 0.5) is 4.79 Å². The molecule has 2 saturated heterocycles. The Morgan fingerprint density at radius 1 is 1.28 bits per heavy atom. The standard InChI is InChI=1S/C16H21N3O5S/c1-9-13(25-10(2)17-9)14(20)18-6-4-11(5-7-18)19-12(15(21)23-3)8-24-16(19)22/h11-12H,4-8H2,1-3H3/t12-/m1/s1. The molecule has 2 aliphatic heterocycles. The molecule has 1 atom stereocenters. The molecule has 0 saturated carbocycles. The van der Waals surface area contributed by atoms with Crippen molar-refractivity contribution in [3.8, 4) is 0 Å². The smallest absolute Gasteiger partial charge is 0.410 e. The molecule has 136 valence electrons. The van der Waals surface area contributed by atoms with Gasteiger partial charge in [0, 0.05) is 19.1 Å². The molecule has 3 rings (SSSR count). The Morgan fingerprint density at radius 2 is 1.96 bits per heavy atom. The Kier molecular flexibility index (Phi) is 4.94. The molecule has 25 heavy (non-hydrogen) atoms. The molecule has 0 N–H and O–H groups in total. The Balaban J connectivity index is 1.65. The number of piperidine rings is 1. The minimum absolute atomic E-state index is 0.0178. The predicted octanol–water partition coefficient (Wildman–Crippen LogP) is 1.36.